The van der Waals surface area contributed by atoms with E-state index in [0.29, 0.717) is 19.3 Å². The summed E-state index contributed by atoms with van der Waals surface area (Å²) in [5.74, 6) is -0.622. The highest BCUT2D eigenvalue weighted by Crippen LogP contribution is 2.15. The first-order valence-corrected chi connectivity index (χ1v) is 25.0. The summed E-state index contributed by atoms with van der Waals surface area (Å²) >= 11 is 0. The quantitative estimate of drug-likeness (QED) is 0.0323. The molecule has 0 aliphatic heterocycles. The molecule has 0 aliphatic carbocycles. The first kappa shape index (κ1) is 57.8. The van der Waals surface area contributed by atoms with Gasteiger partial charge in [-0.05, 0) is 83.5 Å². The third-order valence-electron chi connectivity index (χ3n) is 10.6. The number of hydrogen-bond acceptors (Lipinski definition) is 5. The molecule has 0 rings (SSSR count). The Morgan fingerprint density at radius 3 is 1.41 bits per heavy atom. The highest BCUT2D eigenvalue weighted by Gasteiger charge is 2.23. The van der Waals surface area contributed by atoms with E-state index in [-0.39, 0.29) is 24.9 Å². The lowest BCUT2D eigenvalue weighted by Crippen LogP contribution is -2.46. The second-order valence-corrected chi connectivity index (χ2v) is 16.5. The zero-order valence-electron chi connectivity index (χ0n) is 39.5. The minimum absolute atomic E-state index is 0.0166. The van der Waals surface area contributed by atoms with E-state index in [1.807, 2.05) is 12.2 Å². The van der Waals surface area contributed by atoms with Gasteiger partial charge in [-0.1, -0.05) is 208 Å². The zero-order chi connectivity index (χ0) is 44.5. The van der Waals surface area contributed by atoms with Gasteiger partial charge in [-0.25, -0.2) is 0 Å². The molecule has 0 bridgehead atoms. The third-order valence-corrected chi connectivity index (χ3v) is 10.6. The molecule has 0 radical (unpaired) electrons. The highest BCUT2D eigenvalue weighted by atomic mass is 16.5. The molecule has 0 spiro atoms. The third kappa shape index (κ3) is 43.2. The minimum atomic E-state index is -0.821. The van der Waals surface area contributed by atoms with Gasteiger partial charge in [0.05, 0.1) is 25.2 Å². The van der Waals surface area contributed by atoms with Crippen molar-refractivity contribution in [3.05, 3.63) is 97.2 Å². The molecule has 6 nitrogen and oxygen atoms in total. The molecule has 348 valence electrons. The predicted molar refractivity (Wildman–Crippen MR) is 264 cm³/mol. The standard InChI is InChI=1S/C55H93NO5/c1-4-7-10-13-16-19-22-24-26-28-30-33-36-39-42-45-48-55(60)61-51(46-43-40-37-34-32-29-27-25-23-20-17-14-11-8-5-2)49-54(59)56-52(50-57)53(58)47-44-41-38-35-31-21-18-15-12-9-6-3/h7,10,16-17,19-20,24-27,30,32-34,40,43,51-53,57-58H,4-6,8-9,11-15,18,21-23,28-29,31,35-39,41-42,44-50H2,1-3H3,(H,56,59)/b10-7+,19-16+,20-17-,26-24+,27-25-,33-30+,34-32-,43-40-. The number of esters is 1. The second-order valence-electron chi connectivity index (χ2n) is 16.5. The number of hydrogen-bond donors (Lipinski definition) is 3. The van der Waals surface area contributed by atoms with Crippen LogP contribution in [0.5, 0.6) is 0 Å². The SMILES string of the molecule is CC/C=C/C/C=C/C/C=C/C/C=C/CCCCCC(=O)OC(C/C=C\C/C=C\C/C=C\C/C=C\CCCCC)CC(=O)NC(CO)C(O)CCCCCCCCCCCCC. The lowest BCUT2D eigenvalue weighted by atomic mass is 10.0. The molecule has 0 saturated carbocycles. The molecular weight excluding hydrogens is 755 g/mol. The molecule has 3 atom stereocenters. The highest BCUT2D eigenvalue weighted by molar-refractivity contribution is 5.77. The molecule has 1 amide bonds. The Hall–Kier alpha value is -3.22. The summed E-state index contributed by atoms with van der Waals surface area (Å²) in [7, 11) is 0. The number of aliphatic hydroxyl groups excluding tert-OH is 2. The fourth-order valence-corrected chi connectivity index (χ4v) is 6.87. The van der Waals surface area contributed by atoms with Gasteiger partial charge in [0.1, 0.15) is 6.10 Å². The first-order valence-electron chi connectivity index (χ1n) is 25.0. The van der Waals surface area contributed by atoms with E-state index in [9.17, 15) is 19.8 Å². The number of aliphatic hydroxyl groups is 2. The number of carbonyl (C=O) groups excluding carboxylic acids is 2. The van der Waals surface area contributed by atoms with Gasteiger partial charge in [-0.15, -0.1) is 0 Å². The Morgan fingerprint density at radius 2 is 0.918 bits per heavy atom. The lowest BCUT2D eigenvalue weighted by Gasteiger charge is -2.24. The molecule has 0 fully saturated rings. The van der Waals surface area contributed by atoms with Gasteiger partial charge in [-0.3, -0.25) is 9.59 Å². The molecule has 0 aromatic carbocycles. The van der Waals surface area contributed by atoms with Crippen LogP contribution in [0.4, 0.5) is 0 Å². The van der Waals surface area contributed by atoms with Gasteiger partial charge in [0.25, 0.3) is 0 Å². The van der Waals surface area contributed by atoms with Crippen molar-refractivity contribution in [2.75, 3.05) is 6.61 Å². The maximum absolute atomic E-state index is 13.2. The maximum atomic E-state index is 13.2. The van der Waals surface area contributed by atoms with Gasteiger partial charge >= 0.3 is 5.97 Å². The van der Waals surface area contributed by atoms with Crippen LogP contribution in [0.15, 0.2) is 97.2 Å². The van der Waals surface area contributed by atoms with Crippen LogP contribution in [0.25, 0.3) is 0 Å². The molecule has 0 aliphatic rings. The normalized spacial score (nSPS) is 14.1. The van der Waals surface area contributed by atoms with E-state index in [2.05, 4.69) is 111 Å². The molecular formula is C55H93NO5. The summed E-state index contributed by atoms with van der Waals surface area (Å²) < 4.78 is 5.85. The number of nitrogens with one attached hydrogen (secondary N) is 1. The van der Waals surface area contributed by atoms with Crippen LogP contribution >= 0.6 is 0 Å². The number of unbranched alkanes of at least 4 members (excludes halogenated alkanes) is 16. The minimum Gasteiger partial charge on any atom is -0.461 e. The molecule has 61 heavy (non-hydrogen) atoms. The number of allylic oxidation sites excluding steroid dienone is 15. The van der Waals surface area contributed by atoms with Crippen LogP contribution in [0.3, 0.4) is 0 Å². The van der Waals surface area contributed by atoms with E-state index in [0.717, 1.165) is 96.3 Å². The molecule has 0 saturated heterocycles. The van der Waals surface area contributed by atoms with Crippen LogP contribution in [0, 0.1) is 0 Å². The Bertz CT molecular complexity index is 1220. The van der Waals surface area contributed by atoms with Crippen LogP contribution < -0.4 is 5.32 Å². The van der Waals surface area contributed by atoms with Gasteiger partial charge in [0, 0.05) is 12.8 Å². The summed E-state index contributed by atoms with van der Waals surface area (Å²) in [5, 5.41) is 23.7. The van der Waals surface area contributed by atoms with Gasteiger partial charge in [0.15, 0.2) is 0 Å². The Labute approximate surface area is 376 Å². The zero-order valence-corrected chi connectivity index (χ0v) is 39.5. The summed E-state index contributed by atoms with van der Waals surface area (Å²) in [6.07, 6.45) is 63.3. The first-order chi connectivity index (χ1) is 30.0. The van der Waals surface area contributed by atoms with Crippen molar-refractivity contribution in [3.63, 3.8) is 0 Å². The number of carbonyl (C=O) groups is 2. The molecule has 3 N–H and O–H groups in total. The van der Waals surface area contributed by atoms with E-state index in [1.54, 1.807) is 0 Å². The smallest absolute Gasteiger partial charge is 0.306 e. The largest absolute Gasteiger partial charge is 0.461 e. The van der Waals surface area contributed by atoms with Crippen molar-refractivity contribution in [1.29, 1.82) is 0 Å². The van der Waals surface area contributed by atoms with Crippen molar-refractivity contribution in [2.45, 2.75) is 232 Å². The van der Waals surface area contributed by atoms with Crippen LogP contribution in [0.1, 0.15) is 213 Å². The van der Waals surface area contributed by atoms with Crippen molar-refractivity contribution in [2.24, 2.45) is 0 Å². The number of amides is 1. The fraction of sp³-hybridized carbons (Fsp3) is 0.673. The molecule has 0 aromatic rings. The van der Waals surface area contributed by atoms with Crippen LogP contribution in [-0.4, -0.2) is 46.9 Å². The fourth-order valence-electron chi connectivity index (χ4n) is 6.87. The molecule has 0 aromatic heterocycles. The summed E-state index contributed by atoms with van der Waals surface area (Å²) in [4.78, 5) is 26.1. The summed E-state index contributed by atoms with van der Waals surface area (Å²) in [6, 6.07) is -0.742. The van der Waals surface area contributed by atoms with Crippen LogP contribution in [0.2, 0.25) is 0 Å². The Morgan fingerprint density at radius 1 is 0.508 bits per heavy atom. The van der Waals surface area contributed by atoms with Gasteiger partial charge in [-0.2, -0.15) is 0 Å². The average molecular weight is 848 g/mol. The molecule has 6 heteroatoms. The van der Waals surface area contributed by atoms with Crippen molar-refractivity contribution in [3.8, 4) is 0 Å². The van der Waals surface area contributed by atoms with E-state index in [4.69, 9.17) is 4.74 Å². The topological polar surface area (TPSA) is 95.9 Å². The average Bonchev–Trinajstić information content (AvgIpc) is 3.25. The van der Waals surface area contributed by atoms with Gasteiger partial charge in [0.2, 0.25) is 5.91 Å². The number of ether oxygens (including phenoxy) is 1. The number of rotatable bonds is 43. The van der Waals surface area contributed by atoms with Gasteiger partial charge < -0.3 is 20.3 Å². The van der Waals surface area contributed by atoms with E-state index < -0.39 is 18.2 Å². The summed E-state index contributed by atoms with van der Waals surface area (Å²) in [5.41, 5.74) is 0. The van der Waals surface area contributed by atoms with Crippen molar-refractivity contribution < 1.29 is 24.5 Å². The monoisotopic (exact) mass is 848 g/mol. The molecule has 3 unspecified atom stereocenters. The van der Waals surface area contributed by atoms with E-state index in [1.165, 1.54) is 70.6 Å². The second kappa shape index (κ2) is 47.8. The predicted octanol–water partition coefficient (Wildman–Crippen LogP) is 14.9. The maximum Gasteiger partial charge on any atom is 0.306 e. The molecule has 0 heterocycles. The summed E-state index contributed by atoms with van der Waals surface area (Å²) in [6.45, 7) is 6.28. The van der Waals surface area contributed by atoms with E-state index >= 15 is 0 Å². The van der Waals surface area contributed by atoms with Crippen molar-refractivity contribution in [1.82, 2.24) is 5.32 Å². The lowest BCUT2D eigenvalue weighted by molar-refractivity contribution is -0.150. The van der Waals surface area contributed by atoms with Crippen molar-refractivity contribution >= 4 is 11.9 Å². The Kier molecular flexibility index (Phi) is 45.3. The van der Waals surface area contributed by atoms with Crippen LogP contribution in [-0.2, 0) is 14.3 Å². The Balaban J connectivity index is 4.81.